The minimum atomic E-state index is 0.0391. The molecule has 0 aromatic carbocycles. The Morgan fingerprint density at radius 2 is 2.00 bits per heavy atom. The number of hydrogen-bond acceptors (Lipinski definition) is 1. The van der Waals surface area contributed by atoms with Gasteiger partial charge in [0.05, 0.1) is 0 Å². The zero-order valence-corrected chi connectivity index (χ0v) is 9.64. The summed E-state index contributed by atoms with van der Waals surface area (Å²) in [4.78, 5) is 11.5. The van der Waals surface area contributed by atoms with Crippen LogP contribution in [-0.4, -0.2) is 18.6 Å². The normalized spacial score (nSPS) is 23.8. The SMILES string of the molecule is CCC1(CNC(=O)NC2CC2)CCCC1. The number of rotatable bonds is 4. The Morgan fingerprint density at radius 1 is 1.33 bits per heavy atom. The van der Waals surface area contributed by atoms with E-state index in [1.54, 1.807) is 0 Å². The van der Waals surface area contributed by atoms with Crippen LogP contribution in [0.25, 0.3) is 0 Å². The molecule has 0 unspecified atom stereocenters. The predicted octanol–water partition coefficient (Wildman–Crippen LogP) is 2.42. The summed E-state index contributed by atoms with van der Waals surface area (Å²) < 4.78 is 0. The molecule has 0 spiro atoms. The molecule has 2 aliphatic rings. The molecule has 3 nitrogen and oxygen atoms in total. The maximum atomic E-state index is 11.5. The van der Waals surface area contributed by atoms with Gasteiger partial charge in [-0.2, -0.15) is 0 Å². The first-order valence-electron chi connectivity index (χ1n) is 6.28. The Bertz CT molecular complexity index is 230. The number of hydrogen-bond donors (Lipinski definition) is 2. The van der Waals surface area contributed by atoms with Crippen LogP contribution in [0.2, 0.25) is 0 Å². The van der Waals surface area contributed by atoms with E-state index in [0.29, 0.717) is 11.5 Å². The highest BCUT2D eigenvalue weighted by Crippen LogP contribution is 2.40. The van der Waals surface area contributed by atoms with Crippen LogP contribution in [-0.2, 0) is 0 Å². The molecule has 2 saturated carbocycles. The van der Waals surface area contributed by atoms with Crippen LogP contribution in [0.5, 0.6) is 0 Å². The van der Waals surface area contributed by atoms with E-state index in [4.69, 9.17) is 0 Å². The summed E-state index contributed by atoms with van der Waals surface area (Å²) in [5.41, 5.74) is 0.404. The first-order chi connectivity index (χ1) is 7.24. The molecule has 2 fully saturated rings. The molecule has 0 bridgehead atoms. The third-order valence-electron chi connectivity index (χ3n) is 3.95. The molecule has 2 rings (SSSR count). The molecule has 0 atom stereocenters. The monoisotopic (exact) mass is 210 g/mol. The van der Waals surface area contributed by atoms with Crippen molar-refractivity contribution in [1.29, 1.82) is 0 Å². The Morgan fingerprint density at radius 3 is 2.53 bits per heavy atom. The van der Waals surface area contributed by atoms with E-state index in [1.807, 2.05) is 0 Å². The summed E-state index contributed by atoms with van der Waals surface area (Å²) in [6.45, 7) is 3.11. The van der Waals surface area contributed by atoms with Crippen LogP contribution >= 0.6 is 0 Å². The predicted molar refractivity (Wildman–Crippen MR) is 60.7 cm³/mol. The van der Waals surface area contributed by atoms with Gasteiger partial charge in [0.15, 0.2) is 0 Å². The Labute approximate surface area is 92.0 Å². The number of carbonyl (C=O) groups is 1. The summed E-state index contributed by atoms with van der Waals surface area (Å²) in [7, 11) is 0. The molecule has 15 heavy (non-hydrogen) atoms. The lowest BCUT2D eigenvalue weighted by Gasteiger charge is -2.27. The molecule has 0 heterocycles. The fourth-order valence-corrected chi connectivity index (χ4v) is 2.51. The van der Waals surface area contributed by atoms with Gasteiger partial charge in [0.2, 0.25) is 0 Å². The van der Waals surface area contributed by atoms with Crippen molar-refractivity contribution < 1.29 is 4.79 Å². The van der Waals surface area contributed by atoms with Gasteiger partial charge in [0.1, 0.15) is 0 Å². The van der Waals surface area contributed by atoms with Crippen molar-refractivity contribution in [2.45, 2.75) is 57.9 Å². The van der Waals surface area contributed by atoms with Gasteiger partial charge in [-0.05, 0) is 37.5 Å². The summed E-state index contributed by atoms with van der Waals surface area (Å²) in [6.07, 6.45) is 8.75. The standard InChI is InChI=1S/C12H22N2O/c1-2-12(7-3-4-8-12)9-13-11(15)14-10-5-6-10/h10H,2-9H2,1H3,(H2,13,14,15). The highest BCUT2D eigenvalue weighted by Gasteiger charge is 2.32. The quantitative estimate of drug-likeness (QED) is 0.735. The summed E-state index contributed by atoms with van der Waals surface area (Å²) in [5, 5.41) is 6.01. The Hall–Kier alpha value is -0.730. The molecular weight excluding hydrogens is 188 g/mol. The Balaban J connectivity index is 1.72. The van der Waals surface area contributed by atoms with Gasteiger partial charge in [0.25, 0.3) is 0 Å². The van der Waals surface area contributed by atoms with Crippen LogP contribution in [0.1, 0.15) is 51.9 Å². The smallest absolute Gasteiger partial charge is 0.315 e. The molecule has 2 N–H and O–H groups in total. The molecule has 2 aliphatic carbocycles. The second-order valence-corrected chi connectivity index (χ2v) is 5.16. The highest BCUT2D eigenvalue weighted by atomic mass is 16.2. The zero-order chi connectivity index (χ0) is 10.7. The van der Waals surface area contributed by atoms with Gasteiger partial charge < -0.3 is 10.6 Å². The van der Waals surface area contributed by atoms with Gasteiger partial charge in [-0.3, -0.25) is 0 Å². The molecule has 0 aromatic heterocycles. The van der Waals surface area contributed by atoms with Crippen LogP contribution in [0, 0.1) is 5.41 Å². The average Bonchev–Trinajstić information content (AvgIpc) is 2.93. The molecule has 0 aromatic rings. The Kier molecular flexibility index (Phi) is 3.17. The van der Waals surface area contributed by atoms with Crippen molar-refractivity contribution in [3.63, 3.8) is 0 Å². The van der Waals surface area contributed by atoms with E-state index >= 15 is 0 Å². The first kappa shape index (κ1) is 10.8. The van der Waals surface area contributed by atoms with Gasteiger partial charge in [-0.15, -0.1) is 0 Å². The minimum absolute atomic E-state index is 0.0391. The second-order valence-electron chi connectivity index (χ2n) is 5.16. The summed E-state index contributed by atoms with van der Waals surface area (Å²) in [6, 6.07) is 0.503. The fraction of sp³-hybridized carbons (Fsp3) is 0.917. The first-order valence-corrected chi connectivity index (χ1v) is 6.28. The van der Waals surface area contributed by atoms with E-state index in [2.05, 4.69) is 17.6 Å². The number of urea groups is 1. The fourth-order valence-electron chi connectivity index (χ4n) is 2.51. The van der Waals surface area contributed by atoms with Gasteiger partial charge in [-0.1, -0.05) is 19.8 Å². The lowest BCUT2D eigenvalue weighted by molar-refractivity contribution is 0.224. The van der Waals surface area contributed by atoms with Crippen LogP contribution in [0.3, 0.4) is 0 Å². The zero-order valence-electron chi connectivity index (χ0n) is 9.64. The van der Waals surface area contributed by atoms with Crippen LogP contribution in [0.15, 0.2) is 0 Å². The third kappa shape index (κ3) is 2.86. The molecule has 2 amide bonds. The topological polar surface area (TPSA) is 41.1 Å². The van der Waals surface area contributed by atoms with E-state index in [0.717, 1.165) is 19.4 Å². The van der Waals surface area contributed by atoms with Crippen molar-refractivity contribution in [2.75, 3.05) is 6.54 Å². The number of amides is 2. The molecule has 0 radical (unpaired) electrons. The van der Waals surface area contributed by atoms with Gasteiger partial charge in [-0.25, -0.2) is 4.79 Å². The number of nitrogens with one attached hydrogen (secondary N) is 2. The lowest BCUT2D eigenvalue weighted by Crippen LogP contribution is -2.42. The van der Waals surface area contributed by atoms with Crippen molar-refractivity contribution in [3.8, 4) is 0 Å². The van der Waals surface area contributed by atoms with Gasteiger partial charge >= 0.3 is 6.03 Å². The van der Waals surface area contributed by atoms with Crippen LogP contribution in [0.4, 0.5) is 4.79 Å². The molecule has 3 heteroatoms. The minimum Gasteiger partial charge on any atom is -0.338 e. The maximum Gasteiger partial charge on any atom is 0.315 e. The van der Waals surface area contributed by atoms with Crippen molar-refractivity contribution in [1.82, 2.24) is 10.6 Å². The molecule has 0 saturated heterocycles. The van der Waals surface area contributed by atoms with Crippen molar-refractivity contribution in [2.24, 2.45) is 5.41 Å². The lowest BCUT2D eigenvalue weighted by atomic mass is 9.83. The van der Waals surface area contributed by atoms with Crippen molar-refractivity contribution >= 4 is 6.03 Å². The second kappa shape index (κ2) is 4.42. The molecule has 0 aliphatic heterocycles. The summed E-state index contributed by atoms with van der Waals surface area (Å²) >= 11 is 0. The van der Waals surface area contributed by atoms with E-state index in [-0.39, 0.29) is 6.03 Å². The number of carbonyl (C=O) groups excluding carboxylic acids is 1. The van der Waals surface area contributed by atoms with Crippen molar-refractivity contribution in [3.05, 3.63) is 0 Å². The molecular formula is C12H22N2O. The average molecular weight is 210 g/mol. The van der Waals surface area contributed by atoms with E-state index in [1.165, 1.54) is 32.1 Å². The summed E-state index contributed by atoms with van der Waals surface area (Å²) in [5.74, 6) is 0. The van der Waals surface area contributed by atoms with Crippen LogP contribution < -0.4 is 10.6 Å². The van der Waals surface area contributed by atoms with Gasteiger partial charge in [0, 0.05) is 12.6 Å². The van der Waals surface area contributed by atoms with E-state index in [9.17, 15) is 4.79 Å². The molecule has 86 valence electrons. The maximum absolute atomic E-state index is 11.5. The highest BCUT2D eigenvalue weighted by molar-refractivity contribution is 5.74. The van der Waals surface area contributed by atoms with E-state index < -0.39 is 0 Å². The largest absolute Gasteiger partial charge is 0.338 e. The third-order valence-corrected chi connectivity index (χ3v) is 3.95.